The number of benzene rings is 2. The summed E-state index contributed by atoms with van der Waals surface area (Å²) in [6, 6.07) is 11.9. The van der Waals surface area contributed by atoms with E-state index in [0.29, 0.717) is 0 Å². The zero-order chi connectivity index (χ0) is 20.9. The molecule has 2 rings (SSSR count). The van der Waals surface area contributed by atoms with Crippen molar-refractivity contribution < 1.29 is 27.6 Å². The molecule has 28 heavy (non-hydrogen) atoms. The van der Waals surface area contributed by atoms with Gasteiger partial charge in [-0.25, -0.2) is 5.48 Å². The maximum absolute atomic E-state index is 12.8. The Morgan fingerprint density at radius 2 is 1.71 bits per heavy atom. The Balaban J connectivity index is 1.90. The van der Waals surface area contributed by atoms with Crippen molar-refractivity contribution in [1.82, 2.24) is 5.48 Å². The van der Waals surface area contributed by atoms with E-state index >= 15 is 0 Å². The summed E-state index contributed by atoms with van der Waals surface area (Å²) < 4.78 is 38.5. The topological polar surface area (TPSA) is 67.4 Å². The standard InChI is InChI=1S/C19H18ClF3N2O3/c1-18(2,12-6-4-3-5-7-12)17(27)25-28-11-16(26)24-13-8-9-15(20)14(10-13)19(21,22)23/h3-10H,11H2,1-2H3,(H,24,26)(H,25,27). The number of alkyl halides is 3. The van der Waals surface area contributed by atoms with Crippen LogP contribution in [0.3, 0.4) is 0 Å². The van der Waals surface area contributed by atoms with Crippen molar-refractivity contribution in [3.8, 4) is 0 Å². The molecule has 0 fully saturated rings. The lowest BCUT2D eigenvalue weighted by molar-refractivity contribution is -0.141. The van der Waals surface area contributed by atoms with Crippen LogP contribution in [0.4, 0.5) is 18.9 Å². The molecule has 2 aromatic rings. The van der Waals surface area contributed by atoms with Gasteiger partial charge in [-0.1, -0.05) is 41.9 Å². The first-order valence-corrected chi connectivity index (χ1v) is 8.54. The van der Waals surface area contributed by atoms with E-state index in [1.54, 1.807) is 38.1 Å². The van der Waals surface area contributed by atoms with Crippen LogP contribution in [0.1, 0.15) is 25.0 Å². The van der Waals surface area contributed by atoms with Crippen LogP contribution in [-0.2, 0) is 26.0 Å². The van der Waals surface area contributed by atoms with Gasteiger partial charge in [0.15, 0.2) is 6.61 Å². The third-order valence-corrected chi connectivity index (χ3v) is 4.32. The van der Waals surface area contributed by atoms with Gasteiger partial charge in [0.25, 0.3) is 11.8 Å². The largest absolute Gasteiger partial charge is 0.417 e. The Hall–Kier alpha value is -2.58. The smallest absolute Gasteiger partial charge is 0.324 e. The number of carbonyl (C=O) groups excluding carboxylic acids is 2. The van der Waals surface area contributed by atoms with E-state index in [-0.39, 0.29) is 5.69 Å². The zero-order valence-electron chi connectivity index (χ0n) is 15.1. The maximum Gasteiger partial charge on any atom is 0.417 e. The number of amides is 2. The van der Waals surface area contributed by atoms with Crippen molar-refractivity contribution in [2.75, 3.05) is 11.9 Å². The number of hydroxylamine groups is 1. The first-order valence-electron chi connectivity index (χ1n) is 8.16. The van der Waals surface area contributed by atoms with Gasteiger partial charge in [0.1, 0.15) is 0 Å². The molecule has 0 radical (unpaired) electrons. The van der Waals surface area contributed by atoms with E-state index in [2.05, 4.69) is 10.8 Å². The average molecular weight is 415 g/mol. The molecule has 0 saturated carbocycles. The van der Waals surface area contributed by atoms with Crippen molar-refractivity contribution in [3.63, 3.8) is 0 Å². The molecule has 9 heteroatoms. The predicted molar refractivity (Wildman–Crippen MR) is 98.6 cm³/mol. The molecule has 0 aliphatic rings. The van der Waals surface area contributed by atoms with Crippen molar-refractivity contribution in [2.24, 2.45) is 0 Å². The molecule has 0 heterocycles. The molecule has 2 aromatic carbocycles. The first kappa shape index (κ1) is 21.7. The normalized spacial score (nSPS) is 11.8. The molecular weight excluding hydrogens is 397 g/mol. The second-order valence-electron chi connectivity index (χ2n) is 6.45. The van der Waals surface area contributed by atoms with E-state index in [1.807, 2.05) is 6.07 Å². The summed E-state index contributed by atoms with van der Waals surface area (Å²) >= 11 is 5.52. The maximum atomic E-state index is 12.8. The fourth-order valence-electron chi connectivity index (χ4n) is 2.30. The van der Waals surface area contributed by atoms with Crippen molar-refractivity contribution in [2.45, 2.75) is 25.4 Å². The predicted octanol–water partition coefficient (Wildman–Crippen LogP) is 4.32. The second kappa shape index (κ2) is 8.62. The molecule has 0 aromatic heterocycles. The third-order valence-electron chi connectivity index (χ3n) is 3.99. The fourth-order valence-corrected chi connectivity index (χ4v) is 2.52. The summed E-state index contributed by atoms with van der Waals surface area (Å²) in [4.78, 5) is 29.0. The third kappa shape index (κ3) is 5.46. The summed E-state index contributed by atoms with van der Waals surface area (Å²) in [5.41, 5.74) is 0.866. The van der Waals surface area contributed by atoms with Crippen LogP contribution in [0.5, 0.6) is 0 Å². The molecular formula is C19H18ClF3N2O3. The van der Waals surface area contributed by atoms with Crippen LogP contribution in [0.2, 0.25) is 5.02 Å². The number of nitrogens with one attached hydrogen (secondary N) is 2. The molecule has 0 atom stereocenters. The Kier molecular flexibility index (Phi) is 6.69. The van der Waals surface area contributed by atoms with Gasteiger partial charge in [-0.3, -0.25) is 14.4 Å². The molecule has 150 valence electrons. The van der Waals surface area contributed by atoms with E-state index in [0.717, 1.165) is 17.7 Å². The minimum absolute atomic E-state index is 0.0960. The number of rotatable bonds is 6. The van der Waals surface area contributed by atoms with Gasteiger partial charge < -0.3 is 5.32 Å². The van der Waals surface area contributed by atoms with E-state index in [4.69, 9.17) is 16.4 Å². The van der Waals surface area contributed by atoms with Crippen LogP contribution in [0.15, 0.2) is 48.5 Å². The summed E-state index contributed by atoms with van der Waals surface area (Å²) in [6.45, 7) is 2.79. The molecule has 0 saturated heterocycles. The lowest BCUT2D eigenvalue weighted by Gasteiger charge is -2.23. The van der Waals surface area contributed by atoms with Crippen molar-refractivity contribution >= 4 is 29.1 Å². The van der Waals surface area contributed by atoms with Gasteiger partial charge in [-0.15, -0.1) is 0 Å². The Morgan fingerprint density at radius 1 is 1.07 bits per heavy atom. The van der Waals surface area contributed by atoms with Crippen LogP contribution in [-0.4, -0.2) is 18.4 Å². The molecule has 0 aliphatic carbocycles. The average Bonchev–Trinajstić information content (AvgIpc) is 2.63. The summed E-state index contributed by atoms with van der Waals surface area (Å²) in [5, 5.41) is 1.78. The Labute approximate surface area is 164 Å². The van der Waals surface area contributed by atoms with E-state index in [1.165, 1.54) is 6.07 Å². The monoisotopic (exact) mass is 414 g/mol. The van der Waals surface area contributed by atoms with Gasteiger partial charge in [0.05, 0.1) is 16.0 Å². The minimum Gasteiger partial charge on any atom is -0.324 e. The Bertz CT molecular complexity index is 855. The fraction of sp³-hybridized carbons (Fsp3) is 0.263. The molecule has 0 bridgehead atoms. The molecule has 0 spiro atoms. The van der Waals surface area contributed by atoms with Crippen molar-refractivity contribution in [1.29, 1.82) is 0 Å². The van der Waals surface area contributed by atoms with Gasteiger partial charge in [-0.2, -0.15) is 13.2 Å². The second-order valence-corrected chi connectivity index (χ2v) is 6.86. The van der Waals surface area contributed by atoms with E-state index < -0.39 is 40.6 Å². The minimum atomic E-state index is -4.65. The van der Waals surface area contributed by atoms with Crippen LogP contribution in [0.25, 0.3) is 0 Å². The molecule has 2 amide bonds. The highest BCUT2D eigenvalue weighted by Gasteiger charge is 2.33. The number of hydrogen-bond acceptors (Lipinski definition) is 3. The highest BCUT2D eigenvalue weighted by Crippen LogP contribution is 2.36. The lowest BCUT2D eigenvalue weighted by atomic mass is 9.84. The molecule has 5 nitrogen and oxygen atoms in total. The zero-order valence-corrected chi connectivity index (χ0v) is 15.8. The number of carbonyl (C=O) groups is 2. The highest BCUT2D eigenvalue weighted by molar-refractivity contribution is 6.31. The lowest BCUT2D eigenvalue weighted by Crippen LogP contribution is -2.41. The molecule has 2 N–H and O–H groups in total. The van der Waals surface area contributed by atoms with Gasteiger partial charge in [0.2, 0.25) is 0 Å². The first-order chi connectivity index (χ1) is 13.0. The quantitative estimate of drug-likeness (QED) is 0.692. The van der Waals surface area contributed by atoms with Crippen molar-refractivity contribution in [3.05, 3.63) is 64.7 Å². The number of anilines is 1. The summed E-state index contributed by atoms with van der Waals surface area (Å²) in [6.07, 6.45) is -4.65. The highest BCUT2D eigenvalue weighted by atomic mass is 35.5. The van der Waals surface area contributed by atoms with Gasteiger partial charge >= 0.3 is 6.18 Å². The molecule has 0 aliphatic heterocycles. The van der Waals surface area contributed by atoms with Crippen LogP contribution >= 0.6 is 11.6 Å². The SMILES string of the molecule is CC(C)(C(=O)NOCC(=O)Nc1ccc(Cl)c(C(F)(F)F)c1)c1ccccc1. The van der Waals surface area contributed by atoms with Crippen LogP contribution in [0, 0.1) is 0 Å². The van der Waals surface area contributed by atoms with E-state index in [9.17, 15) is 22.8 Å². The summed E-state index contributed by atoms with van der Waals surface area (Å²) in [5.74, 6) is -1.22. The summed E-state index contributed by atoms with van der Waals surface area (Å²) in [7, 11) is 0. The van der Waals surface area contributed by atoms with Crippen LogP contribution < -0.4 is 10.8 Å². The van der Waals surface area contributed by atoms with Gasteiger partial charge in [0, 0.05) is 5.69 Å². The van der Waals surface area contributed by atoms with Gasteiger partial charge in [-0.05, 0) is 37.6 Å². The molecule has 0 unspecified atom stereocenters. The number of hydrogen-bond donors (Lipinski definition) is 2. The Morgan fingerprint density at radius 3 is 2.32 bits per heavy atom. The number of halogens is 4.